The number of nitrogens with one attached hydrogen (secondary N) is 1. The number of amides is 2. The van der Waals surface area contributed by atoms with E-state index in [0.717, 1.165) is 12.8 Å². The van der Waals surface area contributed by atoms with Crippen molar-refractivity contribution in [2.45, 2.75) is 38.1 Å². The van der Waals surface area contributed by atoms with Crippen LogP contribution in [0.1, 0.15) is 27.2 Å². The molecule has 1 aliphatic rings. The molecular weight excluding hydrogens is 300 g/mol. The highest BCUT2D eigenvalue weighted by molar-refractivity contribution is 7.90. The second kappa shape index (κ2) is 6.28. The number of rotatable bonds is 5. The SMILES string of the molecule is CC(C)N(C[C@@H]1C[C@@H]1C)C(=O)Nc1ccc(S(C)(=O)=O)cc1. The van der Waals surface area contributed by atoms with Gasteiger partial charge in [0.05, 0.1) is 4.90 Å². The van der Waals surface area contributed by atoms with E-state index in [4.69, 9.17) is 0 Å². The topological polar surface area (TPSA) is 66.5 Å². The Morgan fingerprint density at radius 3 is 2.27 bits per heavy atom. The van der Waals surface area contributed by atoms with Gasteiger partial charge >= 0.3 is 6.03 Å². The molecule has 0 aromatic heterocycles. The van der Waals surface area contributed by atoms with Crippen molar-refractivity contribution in [3.63, 3.8) is 0 Å². The lowest BCUT2D eigenvalue weighted by Crippen LogP contribution is -2.41. The number of carbonyl (C=O) groups excluding carboxylic acids is 1. The van der Waals surface area contributed by atoms with E-state index in [0.29, 0.717) is 17.5 Å². The number of nitrogens with zero attached hydrogens (tertiary/aromatic N) is 1. The normalized spacial score (nSPS) is 20.8. The van der Waals surface area contributed by atoms with Crippen molar-refractivity contribution in [2.24, 2.45) is 11.8 Å². The molecule has 5 nitrogen and oxygen atoms in total. The highest BCUT2D eigenvalue weighted by atomic mass is 32.2. The minimum absolute atomic E-state index is 0.128. The molecule has 2 rings (SSSR count). The van der Waals surface area contributed by atoms with Crippen molar-refractivity contribution in [1.82, 2.24) is 4.90 Å². The predicted molar refractivity (Wildman–Crippen MR) is 87.7 cm³/mol. The van der Waals surface area contributed by atoms with Crippen LogP contribution in [0.25, 0.3) is 0 Å². The van der Waals surface area contributed by atoms with E-state index in [2.05, 4.69) is 12.2 Å². The lowest BCUT2D eigenvalue weighted by atomic mass is 10.2. The van der Waals surface area contributed by atoms with Crippen molar-refractivity contribution in [2.75, 3.05) is 18.1 Å². The van der Waals surface area contributed by atoms with Crippen molar-refractivity contribution in [3.05, 3.63) is 24.3 Å². The smallest absolute Gasteiger partial charge is 0.322 e. The molecule has 0 saturated heterocycles. The summed E-state index contributed by atoms with van der Waals surface area (Å²) < 4.78 is 22.9. The van der Waals surface area contributed by atoms with Crippen LogP contribution >= 0.6 is 0 Å². The third-order valence-corrected chi connectivity index (χ3v) is 5.25. The summed E-state index contributed by atoms with van der Waals surface area (Å²) in [5.41, 5.74) is 0.604. The molecule has 1 N–H and O–H groups in total. The highest BCUT2D eigenvalue weighted by Gasteiger charge is 2.35. The maximum absolute atomic E-state index is 12.4. The standard InChI is InChI=1S/C16H24N2O3S/c1-11(2)18(10-13-9-12(13)3)16(19)17-14-5-7-15(8-6-14)22(4,20)21/h5-8,11-13H,9-10H2,1-4H3,(H,17,19)/t12-,13-/m0/s1. The Balaban J connectivity index is 2.03. The molecule has 1 aromatic rings. The number of hydrogen-bond acceptors (Lipinski definition) is 3. The predicted octanol–water partition coefficient (Wildman–Crippen LogP) is 2.99. The Labute approximate surface area is 132 Å². The first kappa shape index (κ1) is 16.8. The number of anilines is 1. The van der Waals surface area contributed by atoms with Gasteiger partial charge in [-0.25, -0.2) is 13.2 Å². The van der Waals surface area contributed by atoms with E-state index in [1.54, 1.807) is 12.1 Å². The Morgan fingerprint density at radius 2 is 1.86 bits per heavy atom. The molecule has 1 saturated carbocycles. The van der Waals surface area contributed by atoms with E-state index in [1.165, 1.54) is 18.6 Å². The fraction of sp³-hybridized carbons (Fsp3) is 0.562. The quantitative estimate of drug-likeness (QED) is 0.905. The first-order chi connectivity index (χ1) is 10.2. The highest BCUT2D eigenvalue weighted by Crippen LogP contribution is 2.38. The third kappa shape index (κ3) is 4.22. The molecule has 1 aromatic carbocycles. The Bertz CT molecular complexity index is 638. The molecule has 122 valence electrons. The van der Waals surface area contributed by atoms with E-state index < -0.39 is 9.84 Å². The van der Waals surface area contributed by atoms with Crippen molar-refractivity contribution >= 4 is 21.6 Å². The van der Waals surface area contributed by atoms with Crippen molar-refractivity contribution in [3.8, 4) is 0 Å². The van der Waals surface area contributed by atoms with Gasteiger partial charge in [0.1, 0.15) is 0 Å². The van der Waals surface area contributed by atoms with Gasteiger partial charge in [0.25, 0.3) is 0 Å². The molecule has 0 unspecified atom stereocenters. The largest absolute Gasteiger partial charge is 0.322 e. The van der Waals surface area contributed by atoms with Crippen LogP contribution in [0, 0.1) is 11.8 Å². The van der Waals surface area contributed by atoms with Crippen LogP contribution in [0.15, 0.2) is 29.2 Å². The Morgan fingerprint density at radius 1 is 1.32 bits per heavy atom. The summed E-state index contributed by atoms with van der Waals surface area (Å²) >= 11 is 0. The molecule has 0 aliphatic heterocycles. The minimum atomic E-state index is -3.21. The molecule has 0 spiro atoms. The molecule has 1 fully saturated rings. The van der Waals surface area contributed by atoms with Gasteiger partial charge in [-0.05, 0) is 56.4 Å². The number of urea groups is 1. The second-order valence-electron chi connectivity index (χ2n) is 6.45. The summed E-state index contributed by atoms with van der Waals surface area (Å²) in [6.07, 6.45) is 2.34. The average Bonchev–Trinajstić information content (AvgIpc) is 3.10. The van der Waals surface area contributed by atoms with Crippen LogP contribution in [0.5, 0.6) is 0 Å². The zero-order valence-electron chi connectivity index (χ0n) is 13.5. The molecule has 0 bridgehead atoms. The number of carbonyl (C=O) groups is 1. The molecule has 6 heteroatoms. The molecule has 1 aliphatic carbocycles. The van der Waals surface area contributed by atoms with Gasteiger partial charge in [-0.1, -0.05) is 6.92 Å². The zero-order valence-corrected chi connectivity index (χ0v) is 14.4. The van der Waals surface area contributed by atoms with Gasteiger partial charge in [0, 0.05) is 24.5 Å². The molecule has 0 radical (unpaired) electrons. The van der Waals surface area contributed by atoms with Crippen LogP contribution in [-0.2, 0) is 9.84 Å². The lowest BCUT2D eigenvalue weighted by Gasteiger charge is -2.27. The maximum Gasteiger partial charge on any atom is 0.322 e. The molecule has 0 heterocycles. The van der Waals surface area contributed by atoms with Crippen LogP contribution in [0.2, 0.25) is 0 Å². The summed E-state index contributed by atoms with van der Waals surface area (Å²) in [5.74, 6) is 1.30. The van der Waals surface area contributed by atoms with E-state index >= 15 is 0 Å². The van der Waals surface area contributed by atoms with E-state index in [1.807, 2.05) is 18.7 Å². The summed E-state index contributed by atoms with van der Waals surface area (Å²) in [6.45, 7) is 6.97. The van der Waals surface area contributed by atoms with Crippen LogP contribution in [0.3, 0.4) is 0 Å². The third-order valence-electron chi connectivity index (χ3n) is 4.13. The molecule has 22 heavy (non-hydrogen) atoms. The number of hydrogen-bond donors (Lipinski definition) is 1. The first-order valence-corrected chi connectivity index (χ1v) is 9.45. The zero-order chi connectivity index (χ0) is 16.5. The molecule has 2 atom stereocenters. The lowest BCUT2D eigenvalue weighted by molar-refractivity contribution is 0.193. The van der Waals surface area contributed by atoms with Gasteiger partial charge in [-0.15, -0.1) is 0 Å². The van der Waals surface area contributed by atoms with Crippen molar-refractivity contribution in [1.29, 1.82) is 0 Å². The summed E-state index contributed by atoms with van der Waals surface area (Å²) in [6, 6.07) is 6.24. The van der Waals surface area contributed by atoms with Crippen LogP contribution in [-0.4, -0.2) is 38.2 Å². The average molecular weight is 324 g/mol. The van der Waals surface area contributed by atoms with Crippen molar-refractivity contribution < 1.29 is 13.2 Å². The fourth-order valence-electron chi connectivity index (χ4n) is 2.42. The number of sulfone groups is 1. The summed E-state index contributed by atoms with van der Waals surface area (Å²) in [4.78, 5) is 14.5. The van der Waals surface area contributed by atoms with Gasteiger partial charge < -0.3 is 10.2 Å². The Kier molecular flexibility index (Phi) is 4.80. The van der Waals surface area contributed by atoms with Crippen LogP contribution in [0.4, 0.5) is 10.5 Å². The van der Waals surface area contributed by atoms with E-state index in [-0.39, 0.29) is 17.0 Å². The van der Waals surface area contributed by atoms with Gasteiger partial charge in [0.2, 0.25) is 0 Å². The number of benzene rings is 1. The van der Waals surface area contributed by atoms with Gasteiger partial charge in [-0.3, -0.25) is 0 Å². The monoisotopic (exact) mass is 324 g/mol. The Hall–Kier alpha value is -1.56. The maximum atomic E-state index is 12.4. The minimum Gasteiger partial charge on any atom is -0.322 e. The summed E-state index contributed by atoms with van der Waals surface area (Å²) in [7, 11) is -3.21. The fourth-order valence-corrected chi connectivity index (χ4v) is 3.05. The summed E-state index contributed by atoms with van der Waals surface area (Å²) in [5, 5.41) is 2.84. The first-order valence-electron chi connectivity index (χ1n) is 7.56. The molecule has 2 amide bonds. The van der Waals surface area contributed by atoms with Crippen LogP contribution < -0.4 is 5.32 Å². The van der Waals surface area contributed by atoms with E-state index in [9.17, 15) is 13.2 Å². The van der Waals surface area contributed by atoms with Gasteiger partial charge in [-0.2, -0.15) is 0 Å². The second-order valence-corrected chi connectivity index (χ2v) is 8.46. The molecular formula is C16H24N2O3S. The van der Waals surface area contributed by atoms with Gasteiger partial charge in [0.15, 0.2) is 9.84 Å².